The highest BCUT2D eigenvalue weighted by Crippen LogP contribution is 2.29. The predicted octanol–water partition coefficient (Wildman–Crippen LogP) is 10.0. The van der Waals surface area contributed by atoms with E-state index < -0.39 is 0 Å². The molecule has 0 aliphatic rings. The van der Waals surface area contributed by atoms with Crippen LogP contribution in [0, 0.1) is 5.92 Å². The van der Waals surface area contributed by atoms with E-state index in [1.807, 2.05) is 13.8 Å². The summed E-state index contributed by atoms with van der Waals surface area (Å²) in [6.07, 6.45) is 12.6. The lowest BCUT2D eigenvalue weighted by molar-refractivity contribution is 0.658. The largest absolute Gasteiger partial charge is 0.361 e. The zero-order chi connectivity index (χ0) is 23.4. The third-order valence-electron chi connectivity index (χ3n) is 6.17. The van der Waals surface area contributed by atoms with E-state index in [4.69, 9.17) is 0 Å². The van der Waals surface area contributed by atoms with Crippen molar-refractivity contribution >= 4 is 16.5 Å². The molecule has 31 heavy (non-hydrogen) atoms. The average Bonchev–Trinajstić information content (AvgIpc) is 3.24. The lowest BCUT2D eigenvalue weighted by Gasteiger charge is -2.18. The molecule has 0 spiro atoms. The molecule has 0 aliphatic carbocycles. The summed E-state index contributed by atoms with van der Waals surface area (Å²) in [5.41, 5.74) is 9.34. The van der Waals surface area contributed by atoms with E-state index in [2.05, 4.69) is 95.7 Å². The molecule has 0 aliphatic heterocycles. The number of aromatic nitrogens is 1. The number of para-hydroxylation sites is 1. The molecule has 1 nitrogen and oxygen atoms in total. The van der Waals surface area contributed by atoms with Crippen molar-refractivity contribution < 1.29 is 0 Å². The Labute approximate surface area is 192 Å². The highest BCUT2D eigenvalue weighted by atomic mass is 14.7. The second-order valence-corrected chi connectivity index (χ2v) is 8.42. The molecular formula is C30H45N. The molecule has 0 fully saturated rings. The first-order valence-corrected chi connectivity index (χ1v) is 12.2. The minimum Gasteiger partial charge on any atom is -0.361 e. The van der Waals surface area contributed by atoms with Gasteiger partial charge in [0.1, 0.15) is 0 Å². The highest BCUT2D eigenvalue weighted by molar-refractivity contribution is 5.92. The van der Waals surface area contributed by atoms with Crippen LogP contribution in [0.15, 0.2) is 71.5 Å². The van der Waals surface area contributed by atoms with Gasteiger partial charge in [-0.05, 0) is 75.2 Å². The molecule has 1 aromatic carbocycles. The smallest absolute Gasteiger partial charge is 0.0460 e. The van der Waals surface area contributed by atoms with Crippen LogP contribution in [0.5, 0.6) is 0 Å². The lowest BCUT2D eigenvalue weighted by atomic mass is 9.88. The number of unbranched alkanes of at least 4 members (excludes halogenated alkanes) is 1. The normalized spacial score (nSPS) is 14.1. The van der Waals surface area contributed by atoms with Gasteiger partial charge in [0.05, 0.1) is 0 Å². The van der Waals surface area contributed by atoms with Crippen molar-refractivity contribution in [2.45, 2.75) is 87.5 Å². The van der Waals surface area contributed by atoms with Crippen molar-refractivity contribution in [3.05, 3.63) is 77.0 Å². The van der Waals surface area contributed by atoms with E-state index >= 15 is 0 Å². The second-order valence-electron chi connectivity index (χ2n) is 8.42. The molecule has 1 heteroatoms. The molecule has 1 atom stereocenters. The van der Waals surface area contributed by atoms with Crippen LogP contribution in [0.3, 0.4) is 0 Å². The number of rotatable bonds is 10. The van der Waals surface area contributed by atoms with Gasteiger partial charge in [-0.15, -0.1) is 0 Å². The van der Waals surface area contributed by atoms with E-state index in [9.17, 15) is 0 Å². The fourth-order valence-corrected chi connectivity index (χ4v) is 3.71. The number of nitrogens with one attached hydrogen (secondary N) is 1. The van der Waals surface area contributed by atoms with Crippen LogP contribution in [0.4, 0.5) is 0 Å². The fraction of sp³-hybridized carbons (Fsp3) is 0.467. The van der Waals surface area contributed by atoms with E-state index in [0.717, 1.165) is 12.8 Å². The third-order valence-corrected chi connectivity index (χ3v) is 6.17. The van der Waals surface area contributed by atoms with Crippen molar-refractivity contribution in [1.29, 1.82) is 0 Å². The maximum atomic E-state index is 4.47. The highest BCUT2D eigenvalue weighted by Gasteiger charge is 2.11. The van der Waals surface area contributed by atoms with Gasteiger partial charge in [-0.25, -0.2) is 0 Å². The summed E-state index contributed by atoms with van der Waals surface area (Å²) in [5, 5.41) is 1.29. The standard InChI is InChI=1S/C28H39N.C2H6/c1-8-10-13-21(4)24(7)18-26(20(3)9-2)22(5)16-17-23(6)27-19-29-28-15-12-11-14-25(27)28;1-2/h11-12,14-15,17-20,29H,5,8-10,13,16H2,1-4,6-7H3;1-2H3/b23-17+,24-21-,26-18-;. The molecule has 0 radical (unpaired) electrons. The Morgan fingerprint density at radius 2 is 1.77 bits per heavy atom. The number of fused-ring (bicyclic) bond motifs is 1. The van der Waals surface area contributed by atoms with Crippen LogP contribution < -0.4 is 0 Å². The minimum absolute atomic E-state index is 0.526. The van der Waals surface area contributed by atoms with Crippen LogP contribution in [0.1, 0.15) is 93.1 Å². The van der Waals surface area contributed by atoms with Crippen LogP contribution in [-0.4, -0.2) is 4.98 Å². The first-order valence-electron chi connectivity index (χ1n) is 12.2. The predicted molar refractivity (Wildman–Crippen MR) is 142 cm³/mol. The fourth-order valence-electron chi connectivity index (χ4n) is 3.71. The summed E-state index contributed by atoms with van der Waals surface area (Å²) in [6.45, 7) is 22.1. The molecule has 0 saturated carbocycles. The summed E-state index contributed by atoms with van der Waals surface area (Å²) in [6, 6.07) is 8.49. The lowest BCUT2D eigenvalue weighted by Crippen LogP contribution is -2.01. The Morgan fingerprint density at radius 1 is 1.10 bits per heavy atom. The van der Waals surface area contributed by atoms with Crippen LogP contribution in [0.25, 0.3) is 16.5 Å². The van der Waals surface area contributed by atoms with E-state index in [1.54, 1.807) is 0 Å². The maximum Gasteiger partial charge on any atom is 0.0460 e. The van der Waals surface area contributed by atoms with Crippen LogP contribution in [0.2, 0.25) is 0 Å². The average molecular weight is 420 g/mol. The number of benzene rings is 1. The Morgan fingerprint density at radius 3 is 2.42 bits per heavy atom. The molecule has 2 aromatic rings. The van der Waals surface area contributed by atoms with Crippen molar-refractivity contribution in [2.24, 2.45) is 5.92 Å². The van der Waals surface area contributed by atoms with E-state index in [0.29, 0.717) is 5.92 Å². The maximum absolute atomic E-state index is 4.47. The van der Waals surface area contributed by atoms with Gasteiger partial charge in [-0.3, -0.25) is 0 Å². The number of aromatic amines is 1. The van der Waals surface area contributed by atoms with Crippen molar-refractivity contribution in [1.82, 2.24) is 4.98 Å². The number of H-pyrrole nitrogens is 1. The van der Waals surface area contributed by atoms with E-state index in [-0.39, 0.29) is 0 Å². The number of hydrogen-bond donors (Lipinski definition) is 1. The Bertz CT molecular complexity index is 917. The van der Waals surface area contributed by atoms with Gasteiger partial charge in [0.15, 0.2) is 0 Å². The van der Waals surface area contributed by atoms with Crippen molar-refractivity contribution in [3.8, 4) is 0 Å². The van der Waals surface area contributed by atoms with E-state index in [1.165, 1.54) is 63.6 Å². The van der Waals surface area contributed by atoms with Crippen molar-refractivity contribution in [3.63, 3.8) is 0 Å². The molecule has 170 valence electrons. The summed E-state index contributed by atoms with van der Waals surface area (Å²) in [4.78, 5) is 3.38. The summed E-state index contributed by atoms with van der Waals surface area (Å²) in [7, 11) is 0. The Hall–Kier alpha value is -2.28. The molecule has 0 amide bonds. The van der Waals surface area contributed by atoms with Crippen molar-refractivity contribution in [2.75, 3.05) is 0 Å². The zero-order valence-electron chi connectivity index (χ0n) is 21.4. The topological polar surface area (TPSA) is 15.8 Å². The minimum atomic E-state index is 0.526. The molecule has 0 saturated heterocycles. The number of allylic oxidation sites excluding steroid dienone is 7. The van der Waals surface area contributed by atoms with Gasteiger partial charge in [0, 0.05) is 22.7 Å². The van der Waals surface area contributed by atoms with Gasteiger partial charge in [0.25, 0.3) is 0 Å². The van der Waals surface area contributed by atoms with Gasteiger partial charge < -0.3 is 4.98 Å². The SMILES string of the molecule is C=C(C/C=C(\C)c1c[nH]c2ccccc12)/C(=C\C(C)=C(\C)CCCC)C(C)CC.CC. The molecule has 1 N–H and O–H groups in total. The number of hydrogen-bond acceptors (Lipinski definition) is 0. The quantitative estimate of drug-likeness (QED) is 0.369. The Kier molecular flexibility index (Phi) is 12.0. The Balaban J connectivity index is 0.00000233. The monoisotopic (exact) mass is 419 g/mol. The van der Waals surface area contributed by atoms with Gasteiger partial charge >= 0.3 is 0 Å². The molecular weight excluding hydrogens is 374 g/mol. The third kappa shape index (κ3) is 7.73. The zero-order valence-corrected chi connectivity index (χ0v) is 21.4. The molecule has 1 heterocycles. The molecule has 0 bridgehead atoms. The molecule has 1 unspecified atom stereocenters. The second kappa shape index (κ2) is 13.9. The first kappa shape index (κ1) is 26.8. The summed E-state index contributed by atoms with van der Waals surface area (Å²) >= 11 is 0. The summed E-state index contributed by atoms with van der Waals surface area (Å²) < 4.78 is 0. The molecule has 2 rings (SSSR count). The van der Waals surface area contributed by atoms with Crippen LogP contribution >= 0.6 is 0 Å². The van der Waals surface area contributed by atoms with Gasteiger partial charge in [-0.2, -0.15) is 0 Å². The van der Waals surface area contributed by atoms with Gasteiger partial charge in [-0.1, -0.05) is 89.1 Å². The van der Waals surface area contributed by atoms with Crippen LogP contribution in [-0.2, 0) is 0 Å². The van der Waals surface area contributed by atoms with Gasteiger partial charge in [0.2, 0.25) is 0 Å². The molecule has 1 aromatic heterocycles. The first-order chi connectivity index (χ1) is 14.9. The summed E-state index contributed by atoms with van der Waals surface area (Å²) in [5.74, 6) is 0.526.